The molecule has 1 aromatic heterocycles. The van der Waals surface area contributed by atoms with E-state index in [1.54, 1.807) is 0 Å². The molecule has 1 aliphatic rings. The largest absolute Gasteiger partial charge is 0.354 e. The van der Waals surface area contributed by atoms with E-state index in [0.29, 0.717) is 0 Å². The van der Waals surface area contributed by atoms with Gasteiger partial charge in [-0.05, 0) is 38.0 Å². The van der Waals surface area contributed by atoms with Gasteiger partial charge in [-0.1, -0.05) is 15.9 Å². The Kier molecular flexibility index (Phi) is 3.73. The zero-order valence-electron chi connectivity index (χ0n) is 11.1. The monoisotopic (exact) mass is 355 g/mol. The van der Waals surface area contributed by atoms with Crippen molar-refractivity contribution in [3.8, 4) is 0 Å². The van der Waals surface area contributed by atoms with Crippen molar-refractivity contribution in [2.75, 3.05) is 6.54 Å². The number of nitrogens with zero attached hydrogens (tertiary/aromatic N) is 2. The molecule has 1 amide bonds. The summed E-state index contributed by atoms with van der Waals surface area (Å²) in [4.78, 5) is 16.8. The summed E-state index contributed by atoms with van der Waals surface area (Å²) in [7, 11) is 0. The third-order valence-corrected chi connectivity index (χ3v) is 4.29. The third kappa shape index (κ3) is 2.33. The van der Waals surface area contributed by atoms with Crippen molar-refractivity contribution >= 4 is 44.5 Å². The van der Waals surface area contributed by atoms with E-state index in [2.05, 4.69) is 26.2 Å². The highest BCUT2D eigenvalue weighted by Gasteiger charge is 2.28. The molecule has 1 saturated heterocycles. The first kappa shape index (κ1) is 13.9. The lowest BCUT2D eigenvalue weighted by molar-refractivity contribution is -0.125. The molecule has 106 valence electrons. The molecule has 4 nitrogen and oxygen atoms in total. The predicted molar refractivity (Wildman–Crippen MR) is 83.0 cm³/mol. The fourth-order valence-electron chi connectivity index (χ4n) is 2.70. The van der Waals surface area contributed by atoms with E-state index in [0.717, 1.165) is 40.7 Å². The normalized spacial score (nSPS) is 20.9. The molecular weight excluding hydrogens is 342 g/mol. The Hall–Kier alpha value is -1.07. The minimum Gasteiger partial charge on any atom is -0.354 e. The topological polar surface area (TPSA) is 46.9 Å². The average Bonchev–Trinajstić information content (AvgIpc) is 2.78. The molecule has 2 heterocycles. The molecule has 1 aliphatic heterocycles. The van der Waals surface area contributed by atoms with Gasteiger partial charge in [-0.2, -0.15) is 0 Å². The van der Waals surface area contributed by atoms with Gasteiger partial charge < -0.3 is 9.88 Å². The molecule has 1 N–H and O–H groups in total. The molecule has 0 radical (unpaired) electrons. The van der Waals surface area contributed by atoms with Crippen LogP contribution < -0.4 is 5.32 Å². The second kappa shape index (κ2) is 5.37. The molecule has 0 bridgehead atoms. The van der Waals surface area contributed by atoms with E-state index in [1.807, 2.05) is 29.7 Å². The molecule has 20 heavy (non-hydrogen) atoms. The summed E-state index contributed by atoms with van der Waals surface area (Å²) < 4.78 is 2.96. The van der Waals surface area contributed by atoms with Gasteiger partial charge in [-0.15, -0.1) is 11.6 Å². The number of aromatic nitrogens is 2. The van der Waals surface area contributed by atoms with E-state index < -0.39 is 0 Å². The minimum absolute atomic E-state index is 0.0528. The molecule has 2 atom stereocenters. The number of halogens is 2. The number of benzene rings is 1. The summed E-state index contributed by atoms with van der Waals surface area (Å²) >= 11 is 9.71. The molecule has 0 aliphatic carbocycles. The first-order valence-electron chi connectivity index (χ1n) is 6.67. The smallest absolute Gasteiger partial charge is 0.243 e. The van der Waals surface area contributed by atoms with E-state index >= 15 is 0 Å². The standard InChI is InChI=1S/C14H15BrClN3O/c1-8(16)13-18-10-7-9(15)4-5-11(10)19(13)12-3-2-6-17-14(12)20/h4-5,7-8,12H,2-3,6H2,1H3,(H,17,20). The van der Waals surface area contributed by atoms with Gasteiger partial charge >= 0.3 is 0 Å². The number of hydrogen-bond donors (Lipinski definition) is 1. The third-order valence-electron chi connectivity index (χ3n) is 3.60. The average molecular weight is 357 g/mol. The van der Waals surface area contributed by atoms with Crippen LogP contribution in [-0.2, 0) is 4.79 Å². The quantitative estimate of drug-likeness (QED) is 0.837. The summed E-state index contributed by atoms with van der Waals surface area (Å²) in [6, 6.07) is 5.68. The van der Waals surface area contributed by atoms with Crippen LogP contribution in [0.1, 0.15) is 37.0 Å². The van der Waals surface area contributed by atoms with Gasteiger partial charge in [0.1, 0.15) is 11.9 Å². The van der Waals surface area contributed by atoms with Gasteiger partial charge in [0.2, 0.25) is 5.91 Å². The second-order valence-electron chi connectivity index (χ2n) is 5.04. The Morgan fingerprint density at radius 1 is 1.55 bits per heavy atom. The lowest BCUT2D eigenvalue weighted by atomic mass is 10.1. The van der Waals surface area contributed by atoms with E-state index in [4.69, 9.17) is 11.6 Å². The fourth-order valence-corrected chi connectivity index (χ4v) is 3.20. The van der Waals surface area contributed by atoms with Crippen molar-refractivity contribution in [1.82, 2.24) is 14.9 Å². The summed E-state index contributed by atoms with van der Waals surface area (Å²) in [5.41, 5.74) is 1.82. The highest BCUT2D eigenvalue weighted by molar-refractivity contribution is 9.10. The first-order chi connectivity index (χ1) is 9.58. The van der Waals surface area contributed by atoms with Crippen molar-refractivity contribution in [1.29, 1.82) is 0 Å². The number of amides is 1. The van der Waals surface area contributed by atoms with Crippen molar-refractivity contribution < 1.29 is 4.79 Å². The number of carbonyl (C=O) groups is 1. The number of carbonyl (C=O) groups excluding carboxylic acids is 1. The zero-order chi connectivity index (χ0) is 14.3. The highest BCUT2D eigenvalue weighted by Crippen LogP contribution is 2.32. The van der Waals surface area contributed by atoms with Gasteiger partial charge in [-0.3, -0.25) is 4.79 Å². The van der Waals surface area contributed by atoms with Crippen LogP contribution in [0.5, 0.6) is 0 Å². The van der Waals surface area contributed by atoms with E-state index in [9.17, 15) is 4.79 Å². The lowest BCUT2D eigenvalue weighted by Crippen LogP contribution is -2.38. The van der Waals surface area contributed by atoms with Crippen molar-refractivity contribution in [3.05, 3.63) is 28.5 Å². The molecule has 0 saturated carbocycles. The van der Waals surface area contributed by atoms with Crippen LogP contribution in [-0.4, -0.2) is 22.0 Å². The van der Waals surface area contributed by atoms with Crippen LogP contribution in [0.3, 0.4) is 0 Å². The molecule has 1 aromatic carbocycles. The Morgan fingerprint density at radius 3 is 3.05 bits per heavy atom. The zero-order valence-corrected chi connectivity index (χ0v) is 13.4. The molecule has 2 aromatic rings. The Bertz CT molecular complexity index is 668. The SMILES string of the molecule is CC(Cl)c1nc2cc(Br)ccc2n1C1CCCNC1=O. The Morgan fingerprint density at radius 2 is 2.35 bits per heavy atom. The lowest BCUT2D eigenvalue weighted by Gasteiger charge is -2.25. The number of rotatable bonds is 2. The molecule has 3 rings (SSSR count). The number of nitrogens with one attached hydrogen (secondary N) is 1. The maximum atomic E-state index is 12.2. The van der Waals surface area contributed by atoms with Crippen LogP contribution >= 0.6 is 27.5 Å². The van der Waals surface area contributed by atoms with Gasteiger partial charge in [-0.25, -0.2) is 4.98 Å². The van der Waals surface area contributed by atoms with Crippen molar-refractivity contribution in [2.24, 2.45) is 0 Å². The number of fused-ring (bicyclic) bond motifs is 1. The van der Waals surface area contributed by atoms with Crippen molar-refractivity contribution in [3.63, 3.8) is 0 Å². The summed E-state index contributed by atoms with van der Waals surface area (Å²) in [5.74, 6) is 0.804. The minimum atomic E-state index is -0.240. The Labute approximate surface area is 130 Å². The summed E-state index contributed by atoms with van der Waals surface area (Å²) in [5, 5.41) is 2.68. The molecule has 0 spiro atoms. The fraction of sp³-hybridized carbons (Fsp3) is 0.429. The maximum Gasteiger partial charge on any atom is 0.243 e. The highest BCUT2D eigenvalue weighted by atomic mass is 79.9. The second-order valence-corrected chi connectivity index (χ2v) is 6.61. The first-order valence-corrected chi connectivity index (χ1v) is 7.90. The Balaban J connectivity index is 2.20. The molecule has 1 fully saturated rings. The number of imidazole rings is 1. The molecule has 2 unspecified atom stereocenters. The van der Waals surface area contributed by atoms with Gasteiger partial charge in [0, 0.05) is 11.0 Å². The van der Waals surface area contributed by atoms with Crippen LogP contribution in [0.25, 0.3) is 11.0 Å². The van der Waals surface area contributed by atoms with E-state index in [-0.39, 0.29) is 17.3 Å². The van der Waals surface area contributed by atoms with E-state index in [1.165, 1.54) is 0 Å². The number of hydrogen-bond acceptors (Lipinski definition) is 2. The summed E-state index contributed by atoms with van der Waals surface area (Å²) in [6.45, 7) is 2.63. The number of piperidine rings is 1. The van der Waals surface area contributed by atoms with Crippen LogP contribution in [0.2, 0.25) is 0 Å². The van der Waals surface area contributed by atoms with Crippen molar-refractivity contribution in [2.45, 2.75) is 31.2 Å². The van der Waals surface area contributed by atoms with Crippen LogP contribution in [0, 0.1) is 0 Å². The van der Waals surface area contributed by atoms with Gasteiger partial charge in [0.15, 0.2) is 0 Å². The molecular formula is C14H15BrClN3O. The summed E-state index contributed by atoms with van der Waals surface area (Å²) in [6.07, 6.45) is 1.80. The van der Waals surface area contributed by atoms with Crippen LogP contribution in [0.15, 0.2) is 22.7 Å². The van der Waals surface area contributed by atoms with Gasteiger partial charge in [0.25, 0.3) is 0 Å². The maximum absolute atomic E-state index is 12.2. The van der Waals surface area contributed by atoms with Crippen LogP contribution in [0.4, 0.5) is 0 Å². The predicted octanol–water partition coefficient (Wildman–Crippen LogP) is 3.55. The molecule has 6 heteroatoms. The number of alkyl halides is 1. The van der Waals surface area contributed by atoms with Gasteiger partial charge in [0.05, 0.1) is 16.4 Å².